The maximum absolute atomic E-state index is 12.6. The summed E-state index contributed by atoms with van der Waals surface area (Å²) in [7, 11) is 1.50. The molecule has 1 aromatic carbocycles. The molecule has 3 rings (SSSR count). The zero-order chi connectivity index (χ0) is 20.3. The van der Waals surface area contributed by atoms with E-state index in [0.29, 0.717) is 31.4 Å². The molecule has 0 radical (unpaired) electrons. The van der Waals surface area contributed by atoms with Crippen LogP contribution < -0.4 is 10.1 Å². The van der Waals surface area contributed by atoms with Gasteiger partial charge in [-0.15, -0.1) is 11.3 Å². The Morgan fingerprint density at radius 3 is 2.75 bits per heavy atom. The van der Waals surface area contributed by atoms with Gasteiger partial charge >= 0.3 is 0 Å². The van der Waals surface area contributed by atoms with E-state index in [2.05, 4.69) is 27.3 Å². The number of carbonyl (C=O) groups is 1. The van der Waals surface area contributed by atoms with Crippen molar-refractivity contribution < 1.29 is 9.53 Å². The van der Waals surface area contributed by atoms with Crippen molar-refractivity contribution in [3.8, 4) is 17.9 Å². The topological polar surface area (TPSA) is 85.9 Å². The molecule has 8 heteroatoms. The van der Waals surface area contributed by atoms with Crippen LogP contribution in [0.15, 0.2) is 22.2 Å². The van der Waals surface area contributed by atoms with Gasteiger partial charge in [-0.25, -0.2) is 0 Å². The third-order valence-electron chi connectivity index (χ3n) is 4.41. The van der Waals surface area contributed by atoms with Crippen molar-refractivity contribution in [1.29, 1.82) is 10.5 Å². The van der Waals surface area contributed by atoms with Gasteiger partial charge in [0, 0.05) is 4.88 Å². The van der Waals surface area contributed by atoms with Gasteiger partial charge in [0.05, 0.1) is 22.2 Å². The zero-order valence-electron chi connectivity index (χ0n) is 14.9. The normalized spacial score (nSPS) is 13.2. The van der Waals surface area contributed by atoms with Crippen molar-refractivity contribution in [1.82, 2.24) is 0 Å². The fourth-order valence-corrected chi connectivity index (χ4v) is 5.41. The van der Waals surface area contributed by atoms with E-state index in [0.717, 1.165) is 36.1 Å². The number of thiophene rings is 1. The number of halogens is 2. The van der Waals surface area contributed by atoms with Crippen LogP contribution in [-0.4, -0.2) is 13.0 Å². The highest BCUT2D eigenvalue weighted by Crippen LogP contribution is 2.38. The van der Waals surface area contributed by atoms with Crippen molar-refractivity contribution in [2.75, 3.05) is 12.4 Å². The number of benzene rings is 1. The third-order valence-corrected chi connectivity index (χ3v) is 6.49. The Morgan fingerprint density at radius 1 is 1.36 bits per heavy atom. The van der Waals surface area contributed by atoms with E-state index in [9.17, 15) is 15.3 Å². The van der Waals surface area contributed by atoms with Crippen LogP contribution in [0.3, 0.4) is 0 Å². The average molecular weight is 477 g/mol. The van der Waals surface area contributed by atoms with Crippen LogP contribution in [0.25, 0.3) is 6.08 Å². The number of nitrogens with one attached hydrogen (secondary N) is 1. The van der Waals surface area contributed by atoms with E-state index in [4.69, 9.17) is 16.3 Å². The predicted octanol–water partition coefficient (Wildman–Crippen LogP) is 5.47. The van der Waals surface area contributed by atoms with E-state index in [1.807, 2.05) is 6.07 Å². The summed E-state index contributed by atoms with van der Waals surface area (Å²) in [5.41, 5.74) is 2.04. The molecule has 0 bridgehead atoms. The second kappa shape index (κ2) is 8.79. The number of carbonyl (C=O) groups excluding carboxylic acids is 1. The van der Waals surface area contributed by atoms with Crippen LogP contribution in [0.2, 0.25) is 5.02 Å². The molecule has 5 nitrogen and oxygen atoms in total. The molecular formula is C20H15BrClN3O2S. The Hall–Kier alpha value is -2.32. The van der Waals surface area contributed by atoms with Crippen LogP contribution in [0.4, 0.5) is 5.00 Å². The number of nitrogens with zero attached hydrogens (tertiary/aromatic N) is 2. The molecule has 1 amide bonds. The fraction of sp³-hybridized carbons (Fsp3) is 0.250. The van der Waals surface area contributed by atoms with Crippen LogP contribution in [0, 0.1) is 22.7 Å². The lowest BCUT2D eigenvalue weighted by Gasteiger charge is -2.09. The first-order valence-corrected chi connectivity index (χ1v) is 10.5. The molecule has 142 valence electrons. The average Bonchev–Trinajstić information content (AvgIpc) is 3.02. The van der Waals surface area contributed by atoms with Gasteiger partial charge < -0.3 is 10.1 Å². The predicted molar refractivity (Wildman–Crippen MR) is 114 cm³/mol. The third kappa shape index (κ3) is 4.07. The smallest absolute Gasteiger partial charge is 0.266 e. The molecule has 0 unspecified atom stereocenters. The Bertz CT molecular complexity index is 1040. The van der Waals surface area contributed by atoms with Crippen LogP contribution >= 0.6 is 38.9 Å². The summed E-state index contributed by atoms with van der Waals surface area (Å²) in [5.74, 6) is -0.0785. The number of hydrogen-bond acceptors (Lipinski definition) is 5. The fourth-order valence-electron chi connectivity index (χ4n) is 3.12. The zero-order valence-corrected chi connectivity index (χ0v) is 18.1. The molecule has 0 aliphatic heterocycles. The molecule has 1 aliphatic carbocycles. The molecule has 1 N–H and O–H groups in total. The number of nitriles is 2. The summed E-state index contributed by atoms with van der Waals surface area (Å²) in [6, 6.07) is 7.44. The molecule has 0 saturated carbocycles. The Morgan fingerprint density at radius 2 is 2.11 bits per heavy atom. The second-order valence-corrected chi connectivity index (χ2v) is 8.54. The SMILES string of the molecule is COc1c(Cl)cc(/C=C(\C#N)C(=O)Nc2sc3c(c2C#N)CCCC3)cc1Br. The minimum Gasteiger partial charge on any atom is -0.494 e. The number of anilines is 1. The number of fused-ring (bicyclic) bond motifs is 1. The minimum absolute atomic E-state index is 0.0802. The molecule has 0 atom stereocenters. The lowest BCUT2D eigenvalue weighted by atomic mass is 9.96. The van der Waals surface area contributed by atoms with Gasteiger partial charge in [0.25, 0.3) is 5.91 Å². The Balaban J connectivity index is 1.90. The highest BCUT2D eigenvalue weighted by Gasteiger charge is 2.22. The van der Waals surface area contributed by atoms with Gasteiger partial charge in [-0.2, -0.15) is 10.5 Å². The highest BCUT2D eigenvalue weighted by molar-refractivity contribution is 9.10. The first-order chi connectivity index (χ1) is 13.5. The number of rotatable bonds is 4. The number of methoxy groups -OCH3 is 1. The summed E-state index contributed by atoms with van der Waals surface area (Å²) >= 11 is 10.9. The first kappa shape index (κ1) is 20.4. The van der Waals surface area contributed by atoms with Crippen molar-refractivity contribution in [3.05, 3.63) is 48.8 Å². The molecule has 0 fully saturated rings. The molecule has 1 aromatic heterocycles. The van der Waals surface area contributed by atoms with Gasteiger partial charge in [-0.3, -0.25) is 4.79 Å². The van der Waals surface area contributed by atoms with E-state index < -0.39 is 5.91 Å². The lowest BCUT2D eigenvalue weighted by molar-refractivity contribution is -0.112. The molecular weight excluding hydrogens is 462 g/mol. The molecule has 0 saturated heterocycles. The van der Waals surface area contributed by atoms with Crippen LogP contribution in [0.5, 0.6) is 5.75 Å². The summed E-state index contributed by atoms with van der Waals surface area (Å²) in [4.78, 5) is 13.8. The quantitative estimate of drug-likeness (QED) is 0.468. The minimum atomic E-state index is -0.555. The van der Waals surface area contributed by atoms with E-state index >= 15 is 0 Å². The largest absolute Gasteiger partial charge is 0.494 e. The van der Waals surface area contributed by atoms with Crippen LogP contribution in [-0.2, 0) is 17.6 Å². The summed E-state index contributed by atoms with van der Waals surface area (Å²) in [5, 5.41) is 22.6. The molecule has 28 heavy (non-hydrogen) atoms. The maximum Gasteiger partial charge on any atom is 0.266 e. The molecule has 1 heterocycles. The summed E-state index contributed by atoms with van der Waals surface area (Å²) in [6.45, 7) is 0. The monoisotopic (exact) mass is 475 g/mol. The van der Waals surface area contributed by atoms with Crippen LogP contribution in [0.1, 0.15) is 34.4 Å². The Kier molecular flexibility index (Phi) is 6.41. The number of aryl methyl sites for hydroxylation is 1. The number of hydrogen-bond donors (Lipinski definition) is 1. The molecule has 1 aliphatic rings. The summed E-state index contributed by atoms with van der Waals surface area (Å²) in [6.07, 6.45) is 5.35. The van der Waals surface area contributed by atoms with Crippen molar-refractivity contribution in [2.24, 2.45) is 0 Å². The second-order valence-electron chi connectivity index (χ2n) is 6.17. The van der Waals surface area contributed by atoms with Gasteiger partial charge in [0.15, 0.2) is 5.75 Å². The van der Waals surface area contributed by atoms with E-state index in [-0.39, 0.29) is 5.57 Å². The van der Waals surface area contributed by atoms with Crippen molar-refractivity contribution in [2.45, 2.75) is 25.7 Å². The van der Waals surface area contributed by atoms with Gasteiger partial charge in [-0.05, 0) is 70.9 Å². The molecule has 2 aromatic rings. The van der Waals surface area contributed by atoms with Gasteiger partial charge in [0.2, 0.25) is 0 Å². The van der Waals surface area contributed by atoms with E-state index in [1.54, 1.807) is 12.1 Å². The van der Waals surface area contributed by atoms with Gasteiger partial charge in [-0.1, -0.05) is 11.6 Å². The number of ether oxygens (including phenoxy) is 1. The van der Waals surface area contributed by atoms with Gasteiger partial charge in [0.1, 0.15) is 22.7 Å². The standard InChI is InChI=1S/C20H15BrClN3O2S/c1-27-18-15(21)7-11(8-16(18)22)6-12(9-23)19(26)25-20-14(10-24)13-4-2-3-5-17(13)28-20/h6-8H,2-5H2,1H3,(H,25,26)/b12-6+. The van der Waals surface area contributed by atoms with Crippen molar-refractivity contribution in [3.63, 3.8) is 0 Å². The highest BCUT2D eigenvalue weighted by atomic mass is 79.9. The first-order valence-electron chi connectivity index (χ1n) is 8.49. The summed E-state index contributed by atoms with van der Waals surface area (Å²) < 4.78 is 5.80. The van der Waals surface area contributed by atoms with E-state index in [1.165, 1.54) is 24.5 Å². The lowest BCUT2D eigenvalue weighted by Crippen LogP contribution is -2.13. The molecule has 0 spiro atoms. The van der Waals surface area contributed by atoms with Crippen molar-refractivity contribution >= 4 is 55.9 Å². The maximum atomic E-state index is 12.6. The number of amides is 1. The Labute approximate surface area is 180 Å².